The zero-order valence-corrected chi connectivity index (χ0v) is 10.9. The van der Waals surface area contributed by atoms with E-state index in [-0.39, 0.29) is 5.54 Å². The van der Waals surface area contributed by atoms with E-state index in [0.717, 1.165) is 31.3 Å². The number of para-hydroxylation sites is 1. The van der Waals surface area contributed by atoms with Crippen LogP contribution in [0, 0.1) is 5.92 Å². The molecule has 0 atom stereocenters. The Kier molecular flexibility index (Phi) is 3.69. The van der Waals surface area contributed by atoms with Crippen LogP contribution in [0.4, 0.5) is 0 Å². The van der Waals surface area contributed by atoms with E-state index in [1.165, 1.54) is 5.56 Å². The van der Waals surface area contributed by atoms with Gasteiger partial charge in [0.1, 0.15) is 5.75 Å². The highest BCUT2D eigenvalue weighted by molar-refractivity contribution is 5.38. The molecular formula is C14H22N2O. The topological polar surface area (TPSA) is 33.3 Å². The molecule has 1 saturated heterocycles. The molecule has 0 unspecified atom stereocenters. The molecule has 1 aromatic rings. The average molecular weight is 234 g/mol. The first-order valence-electron chi connectivity index (χ1n) is 6.23. The molecule has 0 bridgehead atoms. The molecule has 3 nitrogen and oxygen atoms in total. The lowest BCUT2D eigenvalue weighted by Crippen LogP contribution is -2.50. The molecule has 17 heavy (non-hydrogen) atoms. The summed E-state index contributed by atoms with van der Waals surface area (Å²) in [4.78, 5) is 0. The average Bonchev–Trinajstić information content (AvgIpc) is 2.26. The van der Waals surface area contributed by atoms with Crippen LogP contribution >= 0.6 is 0 Å². The first kappa shape index (κ1) is 12.4. The molecule has 3 heteroatoms. The first-order chi connectivity index (χ1) is 8.13. The number of rotatable bonds is 5. The van der Waals surface area contributed by atoms with E-state index in [1.807, 2.05) is 12.1 Å². The van der Waals surface area contributed by atoms with E-state index >= 15 is 0 Å². The molecule has 1 heterocycles. The summed E-state index contributed by atoms with van der Waals surface area (Å²) in [6.07, 6.45) is 0. The van der Waals surface area contributed by atoms with Gasteiger partial charge in [0.2, 0.25) is 0 Å². The van der Waals surface area contributed by atoms with Crippen LogP contribution in [0.25, 0.3) is 0 Å². The van der Waals surface area contributed by atoms with E-state index < -0.39 is 0 Å². The van der Waals surface area contributed by atoms with E-state index in [9.17, 15) is 0 Å². The molecular weight excluding hydrogens is 212 g/mol. The lowest BCUT2D eigenvalue weighted by Gasteiger charge is -2.34. The van der Waals surface area contributed by atoms with Crippen molar-refractivity contribution in [1.29, 1.82) is 0 Å². The van der Waals surface area contributed by atoms with E-state index in [0.29, 0.717) is 0 Å². The molecule has 0 radical (unpaired) electrons. The maximum atomic E-state index is 5.43. The van der Waals surface area contributed by atoms with Crippen molar-refractivity contribution in [3.05, 3.63) is 29.8 Å². The molecule has 1 aromatic carbocycles. The van der Waals surface area contributed by atoms with Gasteiger partial charge < -0.3 is 15.4 Å². The van der Waals surface area contributed by atoms with Crippen LogP contribution < -0.4 is 15.4 Å². The summed E-state index contributed by atoms with van der Waals surface area (Å²) in [5.74, 6) is 1.72. The normalized spacial score (nSPS) is 16.6. The third-order valence-corrected chi connectivity index (χ3v) is 3.48. The number of benzene rings is 1. The van der Waals surface area contributed by atoms with Gasteiger partial charge in [-0.25, -0.2) is 0 Å². The molecule has 0 aromatic heterocycles. The summed E-state index contributed by atoms with van der Waals surface area (Å²) in [6, 6.07) is 8.22. The maximum Gasteiger partial charge on any atom is 0.123 e. The third kappa shape index (κ3) is 2.79. The molecule has 0 spiro atoms. The van der Waals surface area contributed by atoms with Gasteiger partial charge in [-0.1, -0.05) is 18.2 Å². The number of ether oxygens (including phenoxy) is 1. The number of hydrogen-bond donors (Lipinski definition) is 2. The SMILES string of the molecule is COc1ccccc1C(C)(C)NCC1CNC1. The molecule has 2 rings (SSSR count). The van der Waals surface area contributed by atoms with Gasteiger partial charge in [-0.3, -0.25) is 0 Å². The Morgan fingerprint density at radius 3 is 2.65 bits per heavy atom. The van der Waals surface area contributed by atoms with Gasteiger partial charge >= 0.3 is 0 Å². The maximum absolute atomic E-state index is 5.43. The minimum atomic E-state index is -0.0534. The Morgan fingerprint density at radius 1 is 1.35 bits per heavy atom. The summed E-state index contributed by atoms with van der Waals surface area (Å²) < 4.78 is 5.43. The van der Waals surface area contributed by atoms with Crippen molar-refractivity contribution in [2.45, 2.75) is 19.4 Å². The van der Waals surface area contributed by atoms with Crippen LogP contribution in [0.15, 0.2) is 24.3 Å². The lowest BCUT2D eigenvalue weighted by molar-refractivity contribution is 0.281. The van der Waals surface area contributed by atoms with Crippen molar-refractivity contribution in [2.75, 3.05) is 26.7 Å². The highest BCUT2D eigenvalue weighted by atomic mass is 16.5. The predicted octanol–water partition coefficient (Wildman–Crippen LogP) is 1.74. The second-order valence-corrected chi connectivity index (χ2v) is 5.23. The Balaban J connectivity index is 2.06. The van der Waals surface area contributed by atoms with E-state index in [4.69, 9.17) is 4.74 Å². The quantitative estimate of drug-likeness (QED) is 0.814. The van der Waals surface area contributed by atoms with Gasteiger partial charge in [0.25, 0.3) is 0 Å². The van der Waals surface area contributed by atoms with Crippen molar-refractivity contribution in [2.24, 2.45) is 5.92 Å². The van der Waals surface area contributed by atoms with Crippen molar-refractivity contribution in [1.82, 2.24) is 10.6 Å². The number of hydrogen-bond acceptors (Lipinski definition) is 3. The molecule has 1 aliphatic heterocycles. The van der Waals surface area contributed by atoms with Crippen LogP contribution in [-0.4, -0.2) is 26.7 Å². The van der Waals surface area contributed by atoms with Crippen LogP contribution in [-0.2, 0) is 5.54 Å². The molecule has 2 N–H and O–H groups in total. The van der Waals surface area contributed by atoms with Crippen molar-refractivity contribution in [3.8, 4) is 5.75 Å². The highest BCUT2D eigenvalue weighted by Crippen LogP contribution is 2.29. The standard InChI is InChI=1S/C14H22N2O/c1-14(2,16-10-11-8-15-9-11)12-6-4-5-7-13(12)17-3/h4-7,11,15-16H,8-10H2,1-3H3. The molecule has 94 valence electrons. The van der Waals surface area contributed by atoms with Crippen molar-refractivity contribution >= 4 is 0 Å². The van der Waals surface area contributed by atoms with Crippen LogP contribution in [0.1, 0.15) is 19.4 Å². The minimum absolute atomic E-state index is 0.0534. The van der Waals surface area contributed by atoms with Gasteiger partial charge in [0.05, 0.1) is 7.11 Å². The number of methoxy groups -OCH3 is 1. The Morgan fingerprint density at radius 2 is 2.06 bits per heavy atom. The largest absolute Gasteiger partial charge is 0.496 e. The fourth-order valence-corrected chi connectivity index (χ4v) is 2.15. The van der Waals surface area contributed by atoms with E-state index in [1.54, 1.807) is 7.11 Å². The Bertz CT molecular complexity index is 372. The summed E-state index contributed by atoms with van der Waals surface area (Å²) in [6.45, 7) is 7.73. The third-order valence-electron chi connectivity index (χ3n) is 3.48. The van der Waals surface area contributed by atoms with Crippen LogP contribution in [0.5, 0.6) is 5.75 Å². The number of nitrogens with one attached hydrogen (secondary N) is 2. The summed E-state index contributed by atoms with van der Waals surface area (Å²) in [5.41, 5.74) is 1.16. The van der Waals surface area contributed by atoms with Gasteiger partial charge in [0.15, 0.2) is 0 Å². The second-order valence-electron chi connectivity index (χ2n) is 5.23. The smallest absolute Gasteiger partial charge is 0.123 e. The highest BCUT2D eigenvalue weighted by Gasteiger charge is 2.26. The van der Waals surface area contributed by atoms with Crippen molar-refractivity contribution < 1.29 is 4.74 Å². The Labute approximate surface area is 104 Å². The molecule has 0 saturated carbocycles. The molecule has 0 amide bonds. The first-order valence-corrected chi connectivity index (χ1v) is 6.23. The zero-order valence-electron chi connectivity index (χ0n) is 10.9. The van der Waals surface area contributed by atoms with Gasteiger partial charge in [-0.15, -0.1) is 0 Å². The van der Waals surface area contributed by atoms with Gasteiger partial charge in [-0.05, 0) is 25.8 Å². The molecule has 1 aliphatic rings. The fourth-order valence-electron chi connectivity index (χ4n) is 2.15. The zero-order chi connectivity index (χ0) is 12.3. The summed E-state index contributed by atoms with van der Waals surface area (Å²) in [5, 5.41) is 6.93. The predicted molar refractivity (Wildman–Crippen MR) is 70.4 cm³/mol. The van der Waals surface area contributed by atoms with E-state index in [2.05, 4.69) is 36.6 Å². The summed E-state index contributed by atoms with van der Waals surface area (Å²) >= 11 is 0. The van der Waals surface area contributed by atoms with Crippen molar-refractivity contribution in [3.63, 3.8) is 0 Å². The summed E-state index contributed by atoms with van der Waals surface area (Å²) in [7, 11) is 1.73. The van der Waals surface area contributed by atoms with Crippen LogP contribution in [0.2, 0.25) is 0 Å². The minimum Gasteiger partial charge on any atom is -0.496 e. The van der Waals surface area contributed by atoms with Gasteiger partial charge in [0, 0.05) is 30.7 Å². The van der Waals surface area contributed by atoms with Gasteiger partial charge in [-0.2, -0.15) is 0 Å². The fraction of sp³-hybridized carbons (Fsp3) is 0.571. The second kappa shape index (κ2) is 5.07. The Hall–Kier alpha value is -1.06. The lowest BCUT2D eigenvalue weighted by atomic mass is 9.92. The molecule has 0 aliphatic carbocycles. The molecule has 1 fully saturated rings. The monoisotopic (exact) mass is 234 g/mol. The van der Waals surface area contributed by atoms with Crippen LogP contribution in [0.3, 0.4) is 0 Å².